The minimum Gasteiger partial charge on any atom is -0.333 e. The molecule has 0 aliphatic heterocycles. The standard InChI is InChI=1S/C13H13N5OS/c1-17(8-11-14-9-15-16-11)13(19)12-10(4-7-20-12)18-5-2-3-6-18/h2-7,9H,8H2,1H3,(H,14,15,16). The highest BCUT2D eigenvalue weighted by molar-refractivity contribution is 7.12. The van der Waals surface area contributed by atoms with Gasteiger partial charge in [0.1, 0.15) is 17.0 Å². The number of aromatic amines is 1. The number of hydrogen-bond acceptors (Lipinski definition) is 4. The number of rotatable bonds is 4. The van der Waals surface area contributed by atoms with Crippen LogP contribution in [0.5, 0.6) is 0 Å². The molecule has 0 bridgehead atoms. The number of nitrogens with one attached hydrogen (secondary N) is 1. The van der Waals surface area contributed by atoms with E-state index in [0.29, 0.717) is 17.2 Å². The van der Waals surface area contributed by atoms with Gasteiger partial charge in [0.15, 0.2) is 0 Å². The van der Waals surface area contributed by atoms with E-state index in [9.17, 15) is 4.79 Å². The van der Waals surface area contributed by atoms with Crippen molar-refractivity contribution in [1.82, 2.24) is 24.6 Å². The van der Waals surface area contributed by atoms with Crippen LogP contribution >= 0.6 is 11.3 Å². The van der Waals surface area contributed by atoms with Crippen LogP contribution in [0, 0.1) is 0 Å². The summed E-state index contributed by atoms with van der Waals surface area (Å²) in [5.41, 5.74) is 0.898. The Morgan fingerprint density at radius 3 is 2.95 bits per heavy atom. The van der Waals surface area contributed by atoms with E-state index in [0.717, 1.165) is 5.69 Å². The minimum absolute atomic E-state index is 0.0277. The van der Waals surface area contributed by atoms with Crippen LogP contribution in [0.2, 0.25) is 0 Å². The highest BCUT2D eigenvalue weighted by Gasteiger charge is 2.19. The molecule has 1 N–H and O–H groups in total. The average molecular weight is 287 g/mol. The summed E-state index contributed by atoms with van der Waals surface area (Å²) in [5, 5.41) is 8.45. The molecular formula is C13H13N5OS. The average Bonchev–Trinajstić information content (AvgIpc) is 3.18. The summed E-state index contributed by atoms with van der Waals surface area (Å²) in [7, 11) is 1.75. The van der Waals surface area contributed by atoms with Crippen molar-refractivity contribution in [2.24, 2.45) is 0 Å². The van der Waals surface area contributed by atoms with Gasteiger partial charge in [-0.15, -0.1) is 11.3 Å². The monoisotopic (exact) mass is 287 g/mol. The number of carbonyl (C=O) groups is 1. The van der Waals surface area contributed by atoms with Crippen LogP contribution in [0.4, 0.5) is 0 Å². The van der Waals surface area contributed by atoms with Crippen molar-refractivity contribution in [3.8, 4) is 5.69 Å². The Bertz CT molecular complexity index is 686. The van der Waals surface area contributed by atoms with Crippen LogP contribution in [0.25, 0.3) is 5.69 Å². The third-order valence-electron chi connectivity index (χ3n) is 2.92. The molecule has 3 heterocycles. The van der Waals surface area contributed by atoms with Gasteiger partial charge < -0.3 is 9.47 Å². The van der Waals surface area contributed by atoms with E-state index in [4.69, 9.17) is 0 Å². The lowest BCUT2D eigenvalue weighted by molar-refractivity contribution is 0.0786. The first-order valence-electron chi connectivity index (χ1n) is 6.06. The van der Waals surface area contributed by atoms with E-state index < -0.39 is 0 Å². The maximum absolute atomic E-state index is 12.5. The zero-order chi connectivity index (χ0) is 13.9. The second-order valence-electron chi connectivity index (χ2n) is 4.32. The topological polar surface area (TPSA) is 66.8 Å². The van der Waals surface area contributed by atoms with Crippen LogP contribution in [-0.4, -0.2) is 37.6 Å². The van der Waals surface area contributed by atoms with Crippen molar-refractivity contribution in [2.45, 2.75) is 6.54 Å². The smallest absolute Gasteiger partial charge is 0.266 e. The molecule has 3 aromatic heterocycles. The first-order chi connectivity index (χ1) is 9.75. The maximum atomic E-state index is 12.5. The van der Waals surface area contributed by atoms with Gasteiger partial charge in [-0.25, -0.2) is 4.98 Å². The third-order valence-corrected chi connectivity index (χ3v) is 3.81. The molecule has 0 spiro atoms. The summed E-state index contributed by atoms with van der Waals surface area (Å²) in [6, 6.07) is 5.81. The molecule has 102 valence electrons. The van der Waals surface area contributed by atoms with E-state index in [2.05, 4.69) is 15.2 Å². The summed E-state index contributed by atoms with van der Waals surface area (Å²) in [4.78, 5) is 18.9. The largest absolute Gasteiger partial charge is 0.333 e. The number of aromatic nitrogens is 4. The molecule has 0 saturated heterocycles. The van der Waals surface area contributed by atoms with Gasteiger partial charge in [0, 0.05) is 19.4 Å². The fourth-order valence-electron chi connectivity index (χ4n) is 1.94. The quantitative estimate of drug-likeness (QED) is 0.797. The van der Waals surface area contributed by atoms with E-state index in [-0.39, 0.29) is 5.91 Å². The number of nitrogens with zero attached hydrogens (tertiary/aromatic N) is 4. The number of H-pyrrole nitrogens is 1. The van der Waals surface area contributed by atoms with Gasteiger partial charge in [-0.3, -0.25) is 9.89 Å². The fourth-order valence-corrected chi connectivity index (χ4v) is 2.82. The maximum Gasteiger partial charge on any atom is 0.266 e. The lowest BCUT2D eigenvalue weighted by atomic mass is 10.3. The Hall–Kier alpha value is -2.41. The highest BCUT2D eigenvalue weighted by Crippen LogP contribution is 2.23. The molecule has 0 aromatic carbocycles. The summed E-state index contributed by atoms with van der Waals surface area (Å²) in [5.74, 6) is 0.639. The van der Waals surface area contributed by atoms with Gasteiger partial charge in [0.2, 0.25) is 0 Å². The molecule has 0 aliphatic rings. The van der Waals surface area contributed by atoms with Gasteiger partial charge >= 0.3 is 0 Å². The number of amides is 1. The molecule has 0 saturated carbocycles. The molecule has 0 unspecified atom stereocenters. The molecule has 20 heavy (non-hydrogen) atoms. The predicted molar refractivity (Wildman–Crippen MR) is 75.8 cm³/mol. The van der Waals surface area contributed by atoms with Crippen molar-refractivity contribution in [2.75, 3.05) is 7.05 Å². The normalized spacial score (nSPS) is 10.7. The third kappa shape index (κ3) is 2.35. The highest BCUT2D eigenvalue weighted by atomic mass is 32.1. The predicted octanol–water partition coefficient (Wildman–Crippen LogP) is 1.93. The SMILES string of the molecule is CN(Cc1ncn[nH]1)C(=O)c1sccc1-n1cccc1. The van der Waals surface area contributed by atoms with E-state index in [1.165, 1.54) is 17.7 Å². The van der Waals surface area contributed by atoms with Crippen molar-refractivity contribution >= 4 is 17.2 Å². The van der Waals surface area contributed by atoms with Gasteiger partial charge in [0.25, 0.3) is 5.91 Å². The van der Waals surface area contributed by atoms with E-state index in [1.807, 2.05) is 40.5 Å². The summed E-state index contributed by atoms with van der Waals surface area (Å²) < 4.78 is 1.94. The summed E-state index contributed by atoms with van der Waals surface area (Å²) in [6.07, 6.45) is 5.29. The molecule has 0 radical (unpaired) electrons. The molecule has 0 fully saturated rings. The van der Waals surface area contributed by atoms with Crippen molar-refractivity contribution in [1.29, 1.82) is 0 Å². The second-order valence-corrected chi connectivity index (χ2v) is 5.23. The van der Waals surface area contributed by atoms with Gasteiger partial charge in [-0.05, 0) is 23.6 Å². The lowest BCUT2D eigenvalue weighted by Crippen LogP contribution is -2.26. The van der Waals surface area contributed by atoms with E-state index in [1.54, 1.807) is 11.9 Å². The Balaban J connectivity index is 1.82. The van der Waals surface area contributed by atoms with Crippen molar-refractivity contribution in [3.63, 3.8) is 0 Å². The molecule has 1 amide bonds. The van der Waals surface area contributed by atoms with Crippen LogP contribution in [0.3, 0.4) is 0 Å². The summed E-state index contributed by atoms with van der Waals surface area (Å²) >= 11 is 1.44. The Morgan fingerprint density at radius 1 is 1.45 bits per heavy atom. The molecule has 3 rings (SSSR count). The molecular weight excluding hydrogens is 274 g/mol. The zero-order valence-corrected chi connectivity index (χ0v) is 11.7. The van der Waals surface area contributed by atoms with Gasteiger partial charge in [-0.2, -0.15) is 5.10 Å². The Kier molecular flexibility index (Phi) is 3.34. The van der Waals surface area contributed by atoms with Gasteiger partial charge in [-0.1, -0.05) is 0 Å². The first kappa shape index (κ1) is 12.6. The summed E-state index contributed by atoms with van der Waals surface area (Å²) in [6.45, 7) is 0.405. The van der Waals surface area contributed by atoms with Crippen LogP contribution < -0.4 is 0 Å². The van der Waals surface area contributed by atoms with Crippen LogP contribution in [0.15, 0.2) is 42.3 Å². The molecule has 3 aromatic rings. The first-order valence-corrected chi connectivity index (χ1v) is 6.94. The Labute approximate surface area is 119 Å². The van der Waals surface area contributed by atoms with Crippen LogP contribution in [0.1, 0.15) is 15.5 Å². The zero-order valence-electron chi connectivity index (χ0n) is 10.9. The lowest BCUT2D eigenvalue weighted by Gasteiger charge is -2.15. The number of carbonyl (C=O) groups excluding carboxylic acids is 1. The van der Waals surface area contributed by atoms with Crippen molar-refractivity contribution in [3.05, 3.63) is 53.0 Å². The number of thiophene rings is 1. The molecule has 7 heteroatoms. The molecule has 0 atom stereocenters. The molecule has 6 nitrogen and oxygen atoms in total. The molecule has 0 aliphatic carbocycles. The fraction of sp³-hybridized carbons (Fsp3) is 0.154. The van der Waals surface area contributed by atoms with Gasteiger partial charge in [0.05, 0.1) is 12.2 Å². The van der Waals surface area contributed by atoms with Crippen molar-refractivity contribution < 1.29 is 4.79 Å². The van der Waals surface area contributed by atoms with Crippen LogP contribution in [-0.2, 0) is 6.54 Å². The van der Waals surface area contributed by atoms with E-state index >= 15 is 0 Å². The minimum atomic E-state index is -0.0277. The number of hydrogen-bond donors (Lipinski definition) is 1. The Morgan fingerprint density at radius 2 is 2.25 bits per heavy atom. The second kappa shape index (κ2) is 5.30.